The number of fused-ring (bicyclic) bond motifs is 1. The molecule has 3 rings (SSSR count). The van der Waals surface area contributed by atoms with Crippen LogP contribution in [0.15, 0.2) is 34.7 Å². The highest BCUT2D eigenvalue weighted by Gasteiger charge is 2.31. The van der Waals surface area contributed by atoms with Crippen molar-refractivity contribution in [2.45, 2.75) is 0 Å². The van der Waals surface area contributed by atoms with E-state index < -0.39 is 0 Å². The summed E-state index contributed by atoms with van der Waals surface area (Å²) in [6.45, 7) is 0. The van der Waals surface area contributed by atoms with E-state index in [9.17, 15) is 15.3 Å². The van der Waals surface area contributed by atoms with Crippen molar-refractivity contribution in [3.63, 3.8) is 0 Å². The summed E-state index contributed by atoms with van der Waals surface area (Å²) in [6, 6.07) is 7.69. The van der Waals surface area contributed by atoms with E-state index in [0.717, 1.165) is 0 Å². The Morgan fingerprint density at radius 2 is 1.46 bits per heavy atom. The highest BCUT2D eigenvalue weighted by Crippen LogP contribution is 2.48. The lowest BCUT2D eigenvalue weighted by atomic mass is 10.1. The van der Waals surface area contributed by atoms with Gasteiger partial charge in [0.1, 0.15) is 5.75 Å². The quantitative estimate of drug-likeness (QED) is 0.568. The van der Waals surface area contributed by atoms with E-state index in [2.05, 4.69) is 0 Å². The van der Waals surface area contributed by atoms with Crippen molar-refractivity contribution in [1.82, 2.24) is 0 Å². The van der Waals surface area contributed by atoms with Gasteiger partial charge in [-0.1, -0.05) is 0 Å². The van der Waals surface area contributed by atoms with Crippen LogP contribution in [-0.4, -0.2) is 36.6 Å². The lowest BCUT2D eigenvalue weighted by Crippen LogP contribution is -3.00. The second-order valence-corrected chi connectivity index (χ2v) is 5.19. The normalized spacial score (nSPS) is 10.3. The molecule has 0 aliphatic rings. The number of benzene rings is 2. The molecule has 1 aromatic heterocycles. The van der Waals surface area contributed by atoms with E-state index in [1.807, 2.05) is 0 Å². The van der Waals surface area contributed by atoms with Crippen LogP contribution in [-0.2, 0) is 0 Å². The van der Waals surface area contributed by atoms with Crippen LogP contribution in [0, 0.1) is 0 Å². The van der Waals surface area contributed by atoms with Gasteiger partial charge in [-0.15, -0.1) is 0 Å². The molecule has 26 heavy (non-hydrogen) atoms. The molecule has 0 aliphatic heterocycles. The number of ether oxygens (including phenoxy) is 3. The lowest BCUT2D eigenvalue weighted by Gasteiger charge is -2.10. The van der Waals surface area contributed by atoms with Crippen LogP contribution in [0.1, 0.15) is 0 Å². The van der Waals surface area contributed by atoms with Crippen LogP contribution in [0.3, 0.4) is 0 Å². The van der Waals surface area contributed by atoms with Gasteiger partial charge in [-0.25, -0.2) is 4.42 Å². The minimum atomic E-state index is -0.300. The molecule has 0 aliphatic carbocycles. The maximum Gasteiger partial charge on any atom is 0.406 e. The zero-order valence-electron chi connectivity index (χ0n) is 14.2. The molecule has 2 aromatic carbocycles. The van der Waals surface area contributed by atoms with E-state index in [1.165, 1.54) is 39.5 Å². The molecule has 0 saturated carbocycles. The average Bonchev–Trinajstić information content (AvgIpc) is 2.62. The third-order valence-electron chi connectivity index (χ3n) is 3.82. The van der Waals surface area contributed by atoms with Gasteiger partial charge < -0.3 is 41.9 Å². The van der Waals surface area contributed by atoms with Gasteiger partial charge >= 0.3 is 11.3 Å². The number of hydrogen-bond donors (Lipinski definition) is 3. The Hall–Kier alpha value is -3.06. The van der Waals surface area contributed by atoms with E-state index in [1.54, 1.807) is 12.1 Å². The van der Waals surface area contributed by atoms with Crippen LogP contribution in [0.25, 0.3) is 22.3 Å². The first-order valence-corrected chi connectivity index (χ1v) is 7.31. The number of methoxy groups -OCH3 is 3. The summed E-state index contributed by atoms with van der Waals surface area (Å²) >= 11 is 0. The van der Waals surface area contributed by atoms with Crippen molar-refractivity contribution in [2.75, 3.05) is 21.3 Å². The number of halogens is 1. The second-order valence-electron chi connectivity index (χ2n) is 5.19. The van der Waals surface area contributed by atoms with Crippen molar-refractivity contribution in [3.05, 3.63) is 30.3 Å². The Labute approximate surface area is 155 Å². The molecule has 1 heterocycles. The summed E-state index contributed by atoms with van der Waals surface area (Å²) < 4.78 is 21.3. The highest BCUT2D eigenvalue weighted by molar-refractivity contribution is 5.94. The SMILES string of the molecule is COc1cc(-c2[o+]c3cccc(O)c3c(OC)c2O)cc(OC)c1O.[Cl-]. The molecule has 3 N–H and O–H groups in total. The van der Waals surface area contributed by atoms with Crippen molar-refractivity contribution in [2.24, 2.45) is 0 Å². The van der Waals surface area contributed by atoms with Gasteiger partial charge in [-0.2, -0.15) is 0 Å². The van der Waals surface area contributed by atoms with Gasteiger partial charge in [0.05, 0.1) is 26.9 Å². The average molecular weight is 381 g/mol. The highest BCUT2D eigenvalue weighted by atomic mass is 35.5. The number of phenols is 2. The zero-order valence-corrected chi connectivity index (χ0v) is 15.0. The third-order valence-corrected chi connectivity index (χ3v) is 3.82. The molecular weight excluding hydrogens is 364 g/mol. The van der Waals surface area contributed by atoms with Crippen LogP contribution < -0.4 is 26.6 Å². The fourth-order valence-electron chi connectivity index (χ4n) is 2.63. The van der Waals surface area contributed by atoms with Crippen LogP contribution >= 0.6 is 0 Å². The molecule has 0 unspecified atom stereocenters. The van der Waals surface area contributed by atoms with Crippen molar-refractivity contribution in [3.8, 4) is 45.8 Å². The molecule has 0 amide bonds. The fourth-order valence-corrected chi connectivity index (χ4v) is 2.63. The van der Waals surface area contributed by atoms with E-state index >= 15 is 0 Å². The molecule has 0 spiro atoms. The number of phenolic OH excluding ortho intramolecular Hbond substituents is 2. The Bertz CT molecular complexity index is 931. The van der Waals surface area contributed by atoms with Crippen LogP contribution in [0.2, 0.25) is 0 Å². The minimum Gasteiger partial charge on any atom is -1.00 e. The van der Waals surface area contributed by atoms with Gasteiger partial charge in [0.15, 0.2) is 22.6 Å². The van der Waals surface area contributed by atoms with Crippen molar-refractivity contribution in [1.29, 1.82) is 0 Å². The lowest BCUT2D eigenvalue weighted by molar-refractivity contribution is -0.00000888. The molecule has 8 heteroatoms. The first-order valence-electron chi connectivity index (χ1n) is 7.31. The summed E-state index contributed by atoms with van der Waals surface area (Å²) in [7, 11) is 4.17. The Morgan fingerprint density at radius 1 is 0.846 bits per heavy atom. The first kappa shape index (κ1) is 19.3. The number of rotatable bonds is 4. The van der Waals surface area contributed by atoms with Crippen LogP contribution in [0.4, 0.5) is 0 Å². The summed E-state index contributed by atoms with van der Waals surface area (Å²) in [4.78, 5) is 0. The fraction of sp³-hybridized carbons (Fsp3) is 0.167. The molecule has 0 bridgehead atoms. The summed E-state index contributed by atoms with van der Waals surface area (Å²) in [5.41, 5.74) is 0.711. The predicted octanol–water partition coefficient (Wildman–Crippen LogP) is 0.527. The van der Waals surface area contributed by atoms with Crippen molar-refractivity contribution >= 4 is 11.0 Å². The summed E-state index contributed by atoms with van der Waals surface area (Å²) in [5.74, 6) is -0.101. The predicted molar refractivity (Wildman–Crippen MR) is 90.7 cm³/mol. The van der Waals surface area contributed by atoms with Gasteiger partial charge in [0, 0.05) is 18.2 Å². The van der Waals surface area contributed by atoms with Gasteiger partial charge in [-0.05, 0) is 12.1 Å². The first-order chi connectivity index (χ1) is 12.0. The molecule has 0 atom stereocenters. The molecule has 138 valence electrons. The van der Waals surface area contributed by atoms with Crippen LogP contribution in [0.5, 0.6) is 34.5 Å². The van der Waals surface area contributed by atoms with Gasteiger partial charge in [-0.3, -0.25) is 0 Å². The summed E-state index contributed by atoms with van der Waals surface area (Å²) in [5, 5.41) is 30.9. The number of aromatic hydroxyl groups is 3. The standard InChI is InChI=1S/C18H16O7.ClH/c1-22-12-7-9(8-13(23-2)15(12)20)17-16(21)18(24-3)14-10(19)5-4-6-11(14)25-17;/h4-8H,1-3H3,(H2-,19,20,21);1H. The van der Waals surface area contributed by atoms with Gasteiger partial charge in [0.25, 0.3) is 5.75 Å². The molecule has 0 fully saturated rings. The molecule has 0 radical (unpaired) electrons. The van der Waals surface area contributed by atoms with Crippen molar-refractivity contribution < 1.29 is 46.4 Å². The minimum absolute atomic E-state index is 0. The molecule has 7 nitrogen and oxygen atoms in total. The maximum atomic E-state index is 10.6. The zero-order chi connectivity index (χ0) is 18.1. The molecule has 3 aromatic rings. The van der Waals surface area contributed by atoms with E-state index in [4.69, 9.17) is 18.6 Å². The van der Waals surface area contributed by atoms with Gasteiger partial charge in [0.2, 0.25) is 5.75 Å². The number of hydrogen-bond acceptors (Lipinski definition) is 6. The second kappa shape index (κ2) is 7.45. The Morgan fingerprint density at radius 3 is 2.00 bits per heavy atom. The smallest absolute Gasteiger partial charge is 0.406 e. The molecule has 0 saturated heterocycles. The topological polar surface area (TPSA) is 99.7 Å². The summed E-state index contributed by atoms with van der Waals surface area (Å²) in [6.07, 6.45) is 0. The Balaban J connectivity index is 0.00000243. The van der Waals surface area contributed by atoms with E-state index in [0.29, 0.717) is 11.1 Å². The maximum absolute atomic E-state index is 10.6. The van der Waals surface area contributed by atoms with E-state index in [-0.39, 0.29) is 58.1 Å². The third kappa shape index (κ3) is 2.97. The largest absolute Gasteiger partial charge is 1.00 e. The molecular formula is C18H17ClO7. The monoisotopic (exact) mass is 380 g/mol. The Kier molecular flexibility index (Phi) is 5.52.